The monoisotopic (exact) mass is 217 g/mol. The van der Waals surface area contributed by atoms with E-state index in [0.717, 1.165) is 30.1 Å². The van der Waals surface area contributed by atoms with Gasteiger partial charge >= 0.3 is 0 Å². The molecule has 0 fully saturated rings. The lowest BCUT2D eigenvalue weighted by atomic mass is 10.0. The van der Waals surface area contributed by atoms with Crippen molar-refractivity contribution in [3.8, 4) is 23.8 Å². The fraction of sp³-hybridized carbons (Fsp3) is 0.385. The van der Waals surface area contributed by atoms with Gasteiger partial charge in [-0.3, -0.25) is 5.32 Å². The Kier molecular flexibility index (Phi) is 3.33. The van der Waals surface area contributed by atoms with Gasteiger partial charge in [0.2, 0.25) is 0 Å². The molecular weight excluding hydrogens is 202 g/mol. The van der Waals surface area contributed by atoms with E-state index in [1.165, 1.54) is 0 Å². The van der Waals surface area contributed by atoms with Crippen LogP contribution in [0, 0.1) is 12.3 Å². The van der Waals surface area contributed by atoms with Crippen LogP contribution in [0.4, 0.5) is 0 Å². The molecule has 0 spiro atoms. The van der Waals surface area contributed by atoms with E-state index in [0.29, 0.717) is 6.54 Å². The van der Waals surface area contributed by atoms with Crippen molar-refractivity contribution in [1.29, 1.82) is 0 Å². The van der Waals surface area contributed by atoms with Crippen LogP contribution in [0.1, 0.15) is 18.0 Å². The molecule has 16 heavy (non-hydrogen) atoms. The molecule has 84 valence electrons. The van der Waals surface area contributed by atoms with Crippen molar-refractivity contribution in [1.82, 2.24) is 5.32 Å². The summed E-state index contributed by atoms with van der Waals surface area (Å²) in [6.07, 6.45) is 6.19. The smallest absolute Gasteiger partial charge is 0.124 e. The van der Waals surface area contributed by atoms with Crippen molar-refractivity contribution >= 4 is 0 Å². The molecule has 0 bridgehead atoms. The van der Waals surface area contributed by atoms with Crippen LogP contribution in [0.5, 0.6) is 11.5 Å². The Balaban J connectivity index is 2.25. The van der Waals surface area contributed by atoms with Gasteiger partial charge in [-0.25, -0.2) is 0 Å². The molecular formula is C13H15NO2. The zero-order chi connectivity index (χ0) is 11.4. The number of methoxy groups -OCH3 is 1. The first kappa shape index (κ1) is 10.8. The SMILES string of the molecule is C#CCNC1CCOc2ccc(OC)cc21. The molecule has 1 heterocycles. The maximum atomic E-state index is 5.59. The van der Waals surface area contributed by atoms with E-state index < -0.39 is 0 Å². The van der Waals surface area contributed by atoms with Gasteiger partial charge in [-0.2, -0.15) is 0 Å². The van der Waals surface area contributed by atoms with Crippen LogP contribution in [0.2, 0.25) is 0 Å². The van der Waals surface area contributed by atoms with E-state index in [9.17, 15) is 0 Å². The first-order chi connectivity index (χ1) is 7.85. The number of benzene rings is 1. The van der Waals surface area contributed by atoms with Gasteiger partial charge in [-0.15, -0.1) is 6.42 Å². The summed E-state index contributed by atoms with van der Waals surface area (Å²) in [5.41, 5.74) is 1.13. The summed E-state index contributed by atoms with van der Waals surface area (Å²) in [7, 11) is 1.66. The van der Waals surface area contributed by atoms with E-state index in [1.54, 1.807) is 7.11 Å². The van der Waals surface area contributed by atoms with Crippen molar-refractivity contribution in [2.75, 3.05) is 20.3 Å². The number of nitrogens with one attached hydrogen (secondary N) is 1. The third-order valence-corrected chi connectivity index (χ3v) is 2.71. The summed E-state index contributed by atoms with van der Waals surface area (Å²) in [5.74, 6) is 4.35. The highest BCUT2D eigenvalue weighted by molar-refractivity contribution is 5.43. The van der Waals surface area contributed by atoms with Crippen molar-refractivity contribution in [2.24, 2.45) is 0 Å². The lowest BCUT2D eigenvalue weighted by molar-refractivity contribution is 0.254. The summed E-state index contributed by atoms with van der Waals surface area (Å²) < 4.78 is 10.8. The number of rotatable bonds is 3. The lowest BCUT2D eigenvalue weighted by Crippen LogP contribution is -2.27. The Bertz CT molecular complexity index is 409. The predicted molar refractivity (Wildman–Crippen MR) is 62.7 cm³/mol. The quantitative estimate of drug-likeness (QED) is 0.782. The third kappa shape index (κ3) is 2.12. The van der Waals surface area contributed by atoms with E-state index in [1.807, 2.05) is 18.2 Å². The Morgan fingerprint density at radius 3 is 3.25 bits per heavy atom. The lowest BCUT2D eigenvalue weighted by Gasteiger charge is -2.26. The van der Waals surface area contributed by atoms with Crippen LogP contribution in [0.25, 0.3) is 0 Å². The number of fused-ring (bicyclic) bond motifs is 1. The molecule has 1 aliphatic rings. The van der Waals surface area contributed by atoms with Crippen LogP contribution in [-0.4, -0.2) is 20.3 Å². The van der Waals surface area contributed by atoms with Crippen molar-refractivity contribution < 1.29 is 9.47 Å². The zero-order valence-electron chi connectivity index (χ0n) is 9.32. The average Bonchev–Trinajstić information content (AvgIpc) is 2.35. The summed E-state index contributed by atoms with van der Waals surface area (Å²) in [5, 5.41) is 3.31. The van der Waals surface area contributed by atoms with Gasteiger partial charge in [0.1, 0.15) is 11.5 Å². The fourth-order valence-electron chi connectivity index (χ4n) is 1.89. The molecule has 3 nitrogen and oxygen atoms in total. The number of hydrogen-bond donors (Lipinski definition) is 1. The van der Waals surface area contributed by atoms with E-state index in [-0.39, 0.29) is 6.04 Å². The second-order valence-electron chi connectivity index (χ2n) is 3.68. The Morgan fingerprint density at radius 2 is 2.50 bits per heavy atom. The minimum absolute atomic E-state index is 0.259. The summed E-state index contributed by atoms with van der Waals surface area (Å²) in [6.45, 7) is 1.29. The molecule has 1 aromatic carbocycles. The molecule has 2 rings (SSSR count). The Hall–Kier alpha value is -1.66. The number of ether oxygens (including phenoxy) is 2. The van der Waals surface area contributed by atoms with Gasteiger partial charge in [0, 0.05) is 18.0 Å². The molecule has 1 atom stereocenters. The molecule has 0 aliphatic carbocycles. The summed E-state index contributed by atoms with van der Waals surface area (Å²) in [6, 6.07) is 6.11. The van der Waals surface area contributed by atoms with Crippen LogP contribution in [0.15, 0.2) is 18.2 Å². The second-order valence-corrected chi connectivity index (χ2v) is 3.68. The average molecular weight is 217 g/mol. The maximum absolute atomic E-state index is 5.59. The molecule has 0 aromatic heterocycles. The van der Waals surface area contributed by atoms with Gasteiger partial charge in [-0.05, 0) is 18.2 Å². The van der Waals surface area contributed by atoms with Crippen LogP contribution >= 0.6 is 0 Å². The van der Waals surface area contributed by atoms with Crippen molar-refractivity contribution in [3.05, 3.63) is 23.8 Å². The van der Waals surface area contributed by atoms with Gasteiger partial charge in [0.05, 0.1) is 20.3 Å². The standard InChI is InChI=1S/C13H15NO2/c1-3-7-14-12-6-8-16-13-5-4-10(15-2)9-11(12)13/h1,4-5,9,12,14H,6-8H2,2H3. The minimum Gasteiger partial charge on any atom is -0.497 e. The summed E-state index contributed by atoms with van der Waals surface area (Å²) >= 11 is 0. The Morgan fingerprint density at radius 1 is 1.62 bits per heavy atom. The highest BCUT2D eigenvalue weighted by Crippen LogP contribution is 2.34. The molecule has 0 saturated heterocycles. The van der Waals surface area contributed by atoms with Crippen LogP contribution < -0.4 is 14.8 Å². The van der Waals surface area contributed by atoms with Crippen LogP contribution in [-0.2, 0) is 0 Å². The van der Waals surface area contributed by atoms with Gasteiger partial charge in [0.15, 0.2) is 0 Å². The number of hydrogen-bond acceptors (Lipinski definition) is 3. The van der Waals surface area contributed by atoms with Gasteiger partial charge < -0.3 is 9.47 Å². The van der Waals surface area contributed by atoms with Crippen molar-refractivity contribution in [3.63, 3.8) is 0 Å². The fourth-order valence-corrected chi connectivity index (χ4v) is 1.89. The van der Waals surface area contributed by atoms with E-state index >= 15 is 0 Å². The summed E-state index contributed by atoms with van der Waals surface area (Å²) in [4.78, 5) is 0. The first-order valence-corrected chi connectivity index (χ1v) is 5.32. The highest BCUT2D eigenvalue weighted by atomic mass is 16.5. The second kappa shape index (κ2) is 4.91. The molecule has 0 amide bonds. The van der Waals surface area contributed by atoms with Gasteiger partial charge in [0.25, 0.3) is 0 Å². The van der Waals surface area contributed by atoms with Crippen molar-refractivity contribution in [2.45, 2.75) is 12.5 Å². The molecule has 0 radical (unpaired) electrons. The largest absolute Gasteiger partial charge is 0.497 e. The van der Waals surface area contributed by atoms with Gasteiger partial charge in [-0.1, -0.05) is 5.92 Å². The molecule has 3 heteroatoms. The topological polar surface area (TPSA) is 30.5 Å². The van der Waals surface area contributed by atoms with E-state index in [2.05, 4.69) is 11.2 Å². The molecule has 0 saturated carbocycles. The minimum atomic E-state index is 0.259. The molecule has 1 aromatic rings. The predicted octanol–water partition coefficient (Wildman–Crippen LogP) is 1.74. The van der Waals surface area contributed by atoms with Crippen LogP contribution in [0.3, 0.4) is 0 Å². The zero-order valence-corrected chi connectivity index (χ0v) is 9.32. The Labute approximate surface area is 95.8 Å². The maximum Gasteiger partial charge on any atom is 0.124 e. The van der Waals surface area contributed by atoms with E-state index in [4.69, 9.17) is 15.9 Å². The molecule has 1 unspecified atom stereocenters. The first-order valence-electron chi connectivity index (χ1n) is 5.32. The number of terminal acetylenes is 1. The highest BCUT2D eigenvalue weighted by Gasteiger charge is 2.21. The normalized spacial score (nSPS) is 18.1. The third-order valence-electron chi connectivity index (χ3n) is 2.71. The molecule has 1 N–H and O–H groups in total. The molecule has 1 aliphatic heterocycles.